The molecule has 0 aliphatic carbocycles. The van der Waals surface area contributed by atoms with Gasteiger partial charge in [-0.05, 0) is 24.3 Å². The van der Waals surface area contributed by atoms with E-state index in [-0.39, 0.29) is 0 Å². The van der Waals surface area contributed by atoms with Gasteiger partial charge in [-0.2, -0.15) is 0 Å². The van der Waals surface area contributed by atoms with E-state index in [2.05, 4.69) is 17.6 Å². The minimum Gasteiger partial charge on any atom is -0.383 e. The summed E-state index contributed by atoms with van der Waals surface area (Å²) in [7, 11) is 0. The lowest BCUT2D eigenvalue weighted by molar-refractivity contribution is 1.40. The predicted molar refractivity (Wildman–Crippen MR) is 70.5 cm³/mol. The standard InChI is InChI=1S/C13H12N2S/c14-13(10-4-2-1-3-5-10)15-11-6-8-12(16)9-7-11/h1-9,16H,(H2,14,15). The zero-order chi connectivity index (χ0) is 11.4. The predicted octanol–water partition coefficient (Wildman–Crippen LogP) is 3.01. The zero-order valence-electron chi connectivity index (χ0n) is 8.67. The number of aliphatic imine (C=N–C) groups is 1. The average Bonchev–Trinajstić information content (AvgIpc) is 2.33. The Bertz CT molecular complexity index is 489. The minimum atomic E-state index is 0.521. The van der Waals surface area contributed by atoms with Crippen LogP contribution in [-0.2, 0) is 0 Å². The summed E-state index contributed by atoms with van der Waals surface area (Å²) in [6, 6.07) is 17.3. The van der Waals surface area contributed by atoms with Gasteiger partial charge in [0.25, 0.3) is 0 Å². The Hall–Kier alpha value is -1.74. The quantitative estimate of drug-likeness (QED) is 0.463. The van der Waals surface area contributed by atoms with Gasteiger partial charge in [0.2, 0.25) is 0 Å². The molecule has 0 heterocycles. The Labute approximate surface area is 100 Å². The van der Waals surface area contributed by atoms with Crippen molar-refractivity contribution in [1.29, 1.82) is 0 Å². The summed E-state index contributed by atoms with van der Waals surface area (Å²) < 4.78 is 0. The van der Waals surface area contributed by atoms with Crippen molar-refractivity contribution in [2.75, 3.05) is 0 Å². The maximum absolute atomic E-state index is 5.90. The average molecular weight is 228 g/mol. The molecule has 2 aromatic rings. The van der Waals surface area contributed by atoms with Gasteiger partial charge in [-0.15, -0.1) is 12.6 Å². The van der Waals surface area contributed by atoms with Gasteiger partial charge in [-0.25, -0.2) is 4.99 Å². The molecular formula is C13H12N2S. The third-order valence-corrected chi connectivity index (χ3v) is 2.47. The number of amidine groups is 1. The Morgan fingerprint density at radius 1 is 0.938 bits per heavy atom. The highest BCUT2D eigenvalue weighted by molar-refractivity contribution is 7.80. The maximum Gasteiger partial charge on any atom is 0.131 e. The van der Waals surface area contributed by atoms with Crippen molar-refractivity contribution >= 4 is 24.2 Å². The fourth-order valence-corrected chi connectivity index (χ4v) is 1.49. The van der Waals surface area contributed by atoms with Crippen molar-refractivity contribution in [1.82, 2.24) is 0 Å². The van der Waals surface area contributed by atoms with E-state index in [9.17, 15) is 0 Å². The largest absolute Gasteiger partial charge is 0.383 e. The molecule has 0 spiro atoms. The van der Waals surface area contributed by atoms with E-state index in [4.69, 9.17) is 5.73 Å². The minimum absolute atomic E-state index is 0.521. The van der Waals surface area contributed by atoms with Crippen LogP contribution in [-0.4, -0.2) is 5.84 Å². The Morgan fingerprint density at radius 2 is 1.56 bits per heavy atom. The summed E-state index contributed by atoms with van der Waals surface area (Å²) in [4.78, 5) is 5.24. The van der Waals surface area contributed by atoms with E-state index < -0.39 is 0 Å². The van der Waals surface area contributed by atoms with E-state index in [1.165, 1.54) is 0 Å². The molecule has 0 unspecified atom stereocenters. The summed E-state index contributed by atoms with van der Waals surface area (Å²) in [6.07, 6.45) is 0. The SMILES string of the molecule is NC(=Nc1ccc(S)cc1)c1ccccc1. The molecule has 0 atom stereocenters. The lowest BCUT2D eigenvalue weighted by atomic mass is 10.2. The van der Waals surface area contributed by atoms with Crippen molar-refractivity contribution in [2.45, 2.75) is 4.90 Å². The molecule has 0 amide bonds. The van der Waals surface area contributed by atoms with Crippen LogP contribution in [0, 0.1) is 0 Å². The van der Waals surface area contributed by atoms with Crippen LogP contribution in [0.25, 0.3) is 0 Å². The van der Waals surface area contributed by atoms with Crippen LogP contribution in [0.1, 0.15) is 5.56 Å². The molecule has 2 nitrogen and oxygen atoms in total. The summed E-state index contributed by atoms with van der Waals surface area (Å²) in [5, 5.41) is 0. The summed E-state index contributed by atoms with van der Waals surface area (Å²) in [6.45, 7) is 0. The van der Waals surface area contributed by atoms with Crippen LogP contribution in [0.2, 0.25) is 0 Å². The van der Waals surface area contributed by atoms with Gasteiger partial charge in [0.15, 0.2) is 0 Å². The zero-order valence-corrected chi connectivity index (χ0v) is 9.56. The number of hydrogen-bond acceptors (Lipinski definition) is 2. The molecule has 2 rings (SSSR count). The molecule has 0 bridgehead atoms. The first-order valence-electron chi connectivity index (χ1n) is 4.94. The van der Waals surface area contributed by atoms with Gasteiger partial charge >= 0.3 is 0 Å². The van der Waals surface area contributed by atoms with Crippen LogP contribution in [0.5, 0.6) is 0 Å². The van der Waals surface area contributed by atoms with Gasteiger partial charge in [0.1, 0.15) is 5.84 Å². The van der Waals surface area contributed by atoms with Crippen LogP contribution in [0.4, 0.5) is 5.69 Å². The Balaban J connectivity index is 2.28. The summed E-state index contributed by atoms with van der Waals surface area (Å²) in [5.74, 6) is 0.521. The van der Waals surface area contributed by atoms with Crippen molar-refractivity contribution < 1.29 is 0 Å². The Kier molecular flexibility index (Phi) is 3.27. The molecule has 2 N–H and O–H groups in total. The first-order chi connectivity index (χ1) is 7.75. The van der Waals surface area contributed by atoms with E-state index in [0.29, 0.717) is 5.84 Å². The van der Waals surface area contributed by atoms with Crippen molar-refractivity contribution in [3.63, 3.8) is 0 Å². The van der Waals surface area contributed by atoms with Crippen molar-refractivity contribution in [2.24, 2.45) is 10.7 Å². The fourth-order valence-electron chi connectivity index (χ4n) is 1.34. The molecule has 0 saturated heterocycles. The van der Waals surface area contributed by atoms with E-state index in [1.807, 2.05) is 54.6 Å². The van der Waals surface area contributed by atoms with Gasteiger partial charge in [0, 0.05) is 10.5 Å². The monoisotopic (exact) mass is 228 g/mol. The first-order valence-corrected chi connectivity index (χ1v) is 5.39. The number of benzene rings is 2. The lowest BCUT2D eigenvalue weighted by Crippen LogP contribution is -2.12. The molecule has 0 aliphatic heterocycles. The van der Waals surface area contributed by atoms with E-state index >= 15 is 0 Å². The number of thiol groups is 1. The van der Waals surface area contributed by atoms with Crippen LogP contribution >= 0.6 is 12.6 Å². The number of nitrogens with two attached hydrogens (primary N) is 1. The highest BCUT2D eigenvalue weighted by atomic mass is 32.1. The van der Waals surface area contributed by atoms with Crippen LogP contribution in [0.3, 0.4) is 0 Å². The summed E-state index contributed by atoms with van der Waals surface area (Å²) in [5.41, 5.74) is 7.66. The Morgan fingerprint density at radius 3 is 2.19 bits per heavy atom. The molecule has 0 aromatic heterocycles. The van der Waals surface area contributed by atoms with Crippen molar-refractivity contribution in [3.05, 3.63) is 60.2 Å². The molecule has 3 heteroatoms. The highest BCUT2D eigenvalue weighted by Crippen LogP contribution is 2.15. The van der Waals surface area contributed by atoms with E-state index in [1.54, 1.807) is 0 Å². The summed E-state index contributed by atoms with van der Waals surface area (Å²) >= 11 is 4.21. The van der Waals surface area contributed by atoms with Crippen LogP contribution < -0.4 is 5.73 Å². The van der Waals surface area contributed by atoms with Gasteiger partial charge in [-0.1, -0.05) is 30.3 Å². The topological polar surface area (TPSA) is 38.4 Å². The highest BCUT2D eigenvalue weighted by Gasteiger charge is 1.96. The second-order valence-corrected chi connectivity index (χ2v) is 3.90. The number of hydrogen-bond donors (Lipinski definition) is 2. The first kappa shape index (κ1) is 10.8. The fraction of sp³-hybridized carbons (Fsp3) is 0. The third-order valence-electron chi connectivity index (χ3n) is 2.17. The van der Waals surface area contributed by atoms with Crippen molar-refractivity contribution in [3.8, 4) is 0 Å². The maximum atomic E-state index is 5.90. The third kappa shape index (κ3) is 2.64. The second-order valence-electron chi connectivity index (χ2n) is 3.38. The molecule has 0 fully saturated rings. The molecule has 80 valence electrons. The molecule has 0 radical (unpaired) electrons. The smallest absolute Gasteiger partial charge is 0.131 e. The van der Waals surface area contributed by atoms with Crippen LogP contribution in [0.15, 0.2) is 64.5 Å². The number of nitrogens with zero attached hydrogens (tertiary/aromatic N) is 1. The number of rotatable bonds is 2. The molecule has 0 aliphatic rings. The molecule has 0 saturated carbocycles. The molecule has 16 heavy (non-hydrogen) atoms. The lowest BCUT2D eigenvalue weighted by Gasteiger charge is -2.00. The van der Waals surface area contributed by atoms with Gasteiger partial charge in [0.05, 0.1) is 5.69 Å². The van der Waals surface area contributed by atoms with Gasteiger partial charge < -0.3 is 5.73 Å². The normalized spacial score (nSPS) is 11.4. The van der Waals surface area contributed by atoms with E-state index in [0.717, 1.165) is 16.1 Å². The van der Waals surface area contributed by atoms with Gasteiger partial charge in [-0.3, -0.25) is 0 Å². The molecule has 2 aromatic carbocycles. The molecular weight excluding hydrogens is 216 g/mol. The second kappa shape index (κ2) is 4.86.